The number of nitrogens with zero attached hydrogens (tertiary/aromatic N) is 2. The summed E-state index contributed by atoms with van der Waals surface area (Å²) in [6.45, 7) is 5.33. The van der Waals surface area contributed by atoms with Gasteiger partial charge in [0.1, 0.15) is 5.75 Å². The zero-order chi connectivity index (χ0) is 15.8. The standard InChI is InChI=1S/C17H27N3OS.HI/c1-4-16-13-20(10-11-22-16)17(18-2)19-9-8-14-6-5-7-15(12-14)21-3;/h5-7,12,16H,4,8-11,13H2,1-3H3,(H,18,19);1H. The average molecular weight is 449 g/mol. The van der Waals surface area contributed by atoms with Gasteiger partial charge in [-0.3, -0.25) is 4.99 Å². The number of ether oxygens (including phenoxy) is 1. The number of aliphatic imine (C=N–C) groups is 1. The summed E-state index contributed by atoms with van der Waals surface area (Å²) < 4.78 is 5.27. The van der Waals surface area contributed by atoms with Crippen molar-refractivity contribution >= 4 is 41.7 Å². The van der Waals surface area contributed by atoms with E-state index in [1.54, 1.807) is 7.11 Å². The van der Waals surface area contributed by atoms with Gasteiger partial charge in [0.25, 0.3) is 0 Å². The third kappa shape index (κ3) is 6.41. The summed E-state index contributed by atoms with van der Waals surface area (Å²) in [5, 5.41) is 4.22. The second-order valence-corrected chi connectivity index (χ2v) is 6.83. The summed E-state index contributed by atoms with van der Waals surface area (Å²) in [5.74, 6) is 3.14. The van der Waals surface area contributed by atoms with Crippen LogP contribution in [0.1, 0.15) is 18.9 Å². The van der Waals surface area contributed by atoms with E-state index in [4.69, 9.17) is 4.74 Å². The third-order valence-electron chi connectivity index (χ3n) is 3.94. The molecule has 1 heterocycles. The van der Waals surface area contributed by atoms with E-state index >= 15 is 0 Å². The topological polar surface area (TPSA) is 36.9 Å². The molecule has 23 heavy (non-hydrogen) atoms. The van der Waals surface area contributed by atoms with Gasteiger partial charge in [0.15, 0.2) is 5.96 Å². The highest BCUT2D eigenvalue weighted by Crippen LogP contribution is 2.21. The quantitative estimate of drug-likeness (QED) is 0.426. The number of guanidine groups is 1. The van der Waals surface area contributed by atoms with E-state index in [2.05, 4.69) is 46.0 Å². The zero-order valence-electron chi connectivity index (χ0n) is 14.2. The third-order valence-corrected chi connectivity index (χ3v) is 5.31. The molecule has 0 aromatic heterocycles. The lowest BCUT2D eigenvalue weighted by Crippen LogP contribution is -2.48. The number of rotatable bonds is 5. The van der Waals surface area contributed by atoms with E-state index in [1.165, 1.54) is 17.7 Å². The fourth-order valence-electron chi connectivity index (χ4n) is 2.64. The van der Waals surface area contributed by atoms with E-state index in [-0.39, 0.29) is 24.0 Å². The van der Waals surface area contributed by atoms with E-state index in [9.17, 15) is 0 Å². The largest absolute Gasteiger partial charge is 0.497 e. The Hall–Kier alpha value is -0.630. The van der Waals surface area contributed by atoms with Gasteiger partial charge in [-0.15, -0.1) is 24.0 Å². The lowest BCUT2D eigenvalue weighted by molar-refractivity contribution is 0.408. The number of methoxy groups -OCH3 is 1. The molecule has 0 amide bonds. The van der Waals surface area contributed by atoms with Gasteiger partial charge in [0.2, 0.25) is 0 Å². The fourth-order valence-corrected chi connectivity index (χ4v) is 3.82. The minimum Gasteiger partial charge on any atom is -0.497 e. The minimum absolute atomic E-state index is 0. The Kier molecular flexibility index (Phi) is 9.78. The van der Waals surface area contributed by atoms with Crippen LogP contribution in [0.15, 0.2) is 29.3 Å². The molecule has 0 saturated carbocycles. The molecule has 1 aromatic rings. The lowest BCUT2D eigenvalue weighted by Gasteiger charge is -2.34. The van der Waals surface area contributed by atoms with Crippen molar-refractivity contribution < 1.29 is 4.74 Å². The zero-order valence-corrected chi connectivity index (χ0v) is 17.4. The average Bonchev–Trinajstić information content (AvgIpc) is 2.59. The van der Waals surface area contributed by atoms with Crippen LogP contribution in [0, 0.1) is 0 Å². The molecule has 2 rings (SSSR count). The second-order valence-electron chi connectivity index (χ2n) is 5.42. The molecule has 0 radical (unpaired) electrons. The highest BCUT2D eigenvalue weighted by molar-refractivity contribution is 14.0. The molecule has 0 bridgehead atoms. The predicted molar refractivity (Wildman–Crippen MR) is 112 cm³/mol. The van der Waals surface area contributed by atoms with E-state index in [0.29, 0.717) is 0 Å². The van der Waals surface area contributed by atoms with Gasteiger partial charge in [0, 0.05) is 37.7 Å². The van der Waals surface area contributed by atoms with Crippen molar-refractivity contribution in [3.63, 3.8) is 0 Å². The van der Waals surface area contributed by atoms with Crippen LogP contribution < -0.4 is 10.1 Å². The first-order valence-corrected chi connectivity index (χ1v) is 9.01. The summed E-state index contributed by atoms with van der Waals surface area (Å²) in [5.41, 5.74) is 1.28. The van der Waals surface area contributed by atoms with Crippen molar-refractivity contribution in [2.75, 3.05) is 39.5 Å². The van der Waals surface area contributed by atoms with Crippen LogP contribution in [0.25, 0.3) is 0 Å². The number of thioether (sulfide) groups is 1. The molecule has 1 atom stereocenters. The first-order chi connectivity index (χ1) is 10.8. The smallest absolute Gasteiger partial charge is 0.193 e. The molecule has 0 spiro atoms. The number of benzene rings is 1. The molecule has 4 nitrogen and oxygen atoms in total. The van der Waals surface area contributed by atoms with Crippen molar-refractivity contribution in [1.82, 2.24) is 10.2 Å². The molecule has 0 aliphatic carbocycles. The van der Waals surface area contributed by atoms with Gasteiger partial charge >= 0.3 is 0 Å². The second kappa shape index (κ2) is 11.0. The molecule has 1 unspecified atom stereocenters. The SMILES string of the molecule is CCC1CN(C(=NC)NCCc2cccc(OC)c2)CCS1.I. The number of nitrogens with one attached hydrogen (secondary N) is 1. The maximum Gasteiger partial charge on any atom is 0.193 e. The molecular formula is C17H28IN3OS. The van der Waals surface area contributed by atoms with Crippen LogP contribution >= 0.6 is 35.7 Å². The van der Waals surface area contributed by atoms with Crippen molar-refractivity contribution in [2.24, 2.45) is 4.99 Å². The summed E-state index contributed by atoms with van der Waals surface area (Å²) in [6, 6.07) is 8.25. The van der Waals surface area contributed by atoms with Gasteiger partial charge < -0.3 is 15.0 Å². The van der Waals surface area contributed by atoms with Crippen molar-refractivity contribution in [1.29, 1.82) is 0 Å². The molecule has 1 aliphatic rings. The molecule has 1 aromatic carbocycles. The maximum atomic E-state index is 5.27. The van der Waals surface area contributed by atoms with Crippen LogP contribution in [0.5, 0.6) is 5.75 Å². The summed E-state index contributed by atoms with van der Waals surface area (Å²) in [7, 11) is 3.58. The Bertz CT molecular complexity index is 498. The monoisotopic (exact) mass is 449 g/mol. The van der Waals surface area contributed by atoms with Gasteiger partial charge in [-0.1, -0.05) is 19.1 Å². The Morgan fingerprint density at radius 2 is 2.30 bits per heavy atom. The van der Waals surface area contributed by atoms with Crippen molar-refractivity contribution in [2.45, 2.75) is 25.0 Å². The lowest BCUT2D eigenvalue weighted by atomic mass is 10.1. The molecule has 130 valence electrons. The predicted octanol–water partition coefficient (Wildman–Crippen LogP) is 3.26. The van der Waals surface area contributed by atoms with Crippen LogP contribution in [-0.2, 0) is 6.42 Å². The molecule has 1 fully saturated rings. The molecule has 6 heteroatoms. The molecule has 1 aliphatic heterocycles. The highest BCUT2D eigenvalue weighted by Gasteiger charge is 2.21. The highest BCUT2D eigenvalue weighted by atomic mass is 127. The molecular weight excluding hydrogens is 421 g/mol. The van der Waals surface area contributed by atoms with Crippen LogP contribution in [0.2, 0.25) is 0 Å². The summed E-state index contributed by atoms with van der Waals surface area (Å²) >= 11 is 2.08. The number of hydrogen-bond donors (Lipinski definition) is 1. The van der Waals surface area contributed by atoms with Gasteiger partial charge in [-0.05, 0) is 30.5 Å². The van der Waals surface area contributed by atoms with E-state index < -0.39 is 0 Å². The summed E-state index contributed by atoms with van der Waals surface area (Å²) in [4.78, 5) is 6.83. The van der Waals surface area contributed by atoms with E-state index in [0.717, 1.165) is 43.0 Å². The Morgan fingerprint density at radius 1 is 1.48 bits per heavy atom. The van der Waals surface area contributed by atoms with Crippen LogP contribution in [0.4, 0.5) is 0 Å². The van der Waals surface area contributed by atoms with Crippen molar-refractivity contribution in [3.05, 3.63) is 29.8 Å². The minimum atomic E-state index is 0. The molecule has 1 saturated heterocycles. The number of hydrogen-bond acceptors (Lipinski definition) is 3. The van der Waals surface area contributed by atoms with Crippen molar-refractivity contribution in [3.8, 4) is 5.75 Å². The Balaban J connectivity index is 0.00000264. The van der Waals surface area contributed by atoms with Crippen LogP contribution in [0.3, 0.4) is 0 Å². The van der Waals surface area contributed by atoms with E-state index in [1.807, 2.05) is 19.2 Å². The Labute approximate surface area is 161 Å². The first-order valence-electron chi connectivity index (χ1n) is 7.97. The van der Waals surface area contributed by atoms with Crippen LogP contribution in [-0.4, -0.2) is 55.7 Å². The molecule has 1 N–H and O–H groups in total. The normalized spacial score (nSPS) is 18.3. The van der Waals surface area contributed by atoms with Gasteiger partial charge in [0.05, 0.1) is 7.11 Å². The van der Waals surface area contributed by atoms with Gasteiger partial charge in [-0.2, -0.15) is 11.8 Å². The number of halogens is 1. The van der Waals surface area contributed by atoms with Gasteiger partial charge in [-0.25, -0.2) is 0 Å². The first kappa shape index (κ1) is 20.4. The summed E-state index contributed by atoms with van der Waals surface area (Å²) in [6.07, 6.45) is 2.19. The maximum absolute atomic E-state index is 5.27. The fraction of sp³-hybridized carbons (Fsp3) is 0.588. The Morgan fingerprint density at radius 3 is 3.00 bits per heavy atom.